The van der Waals surface area contributed by atoms with Crippen LogP contribution in [0.1, 0.15) is 85.7 Å². The first kappa shape index (κ1) is 30.5. The van der Waals surface area contributed by atoms with E-state index in [9.17, 15) is 31.5 Å². The number of nitrogens with one attached hydrogen (secondary N) is 1. The number of aliphatic hydroxyl groups is 1. The molecule has 2 aromatic rings. The van der Waals surface area contributed by atoms with E-state index in [4.69, 9.17) is 0 Å². The number of hydrogen-bond donors (Lipinski definition) is 2. The molecule has 0 radical (unpaired) electrons. The predicted octanol–water partition coefficient (Wildman–Crippen LogP) is 5.22. The van der Waals surface area contributed by atoms with Gasteiger partial charge in [-0.15, -0.1) is 0 Å². The van der Waals surface area contributed by atoms with Crippen LogP contribution in [0.15, 0.2) is 41.4 Å². The first-order valence-electron chi connectivity index (χ1n) is 13.9. The van der Waals surface area contributed by atoms with Crippen LogP contribution in [0, 0.1) is 17.8 Å². The molecule has 2 aliphatic rings. The van der Waals surface area contributed by atoms with Crippen molar-refractivity contribution in [1.29, 1.82) is 0 Å². The number of alkyl halides is 3. The molecule has 2 N–H and O–H groups in total. The van der Waals surface area contributed by atoms with Crippen molar-refractivity contribution in [3.05, 3.63) is 58.9 Å². The Morgan fingerprint density at radius 1 is 1.15 bits per heavy atom. The van der Waals surface area contributed by atoms with Gasteiger partial charge in [0.05, 0.1) is 46.5 Å². The van der Waals surface area contributed by atoms with Crippen LogP contribution >= 0.6 is 0 Å². The van der Waals surface area contributed by atoms with Crippen LogP contribution in [-0.2, 0) is 16.4 Å². The maximum absolute atomic E-state index is 13.1. The van der Waals surface area contributed by atoms with Gasteiger partial charge in [0, 0.05) is 19.3 Å². The van der Waals surface area contributed by atoms with E-state index < -0.39 is 33.9 Å². The molecule has 2 atom stereocenters. The van der Waals surface area contributed by atoms with Crippen LogP contribution in [0.25, 0.3) is 0 Å². The lowest BCUT2D eigenvalue weighted by Crippen LogP contribution is -2.35. The summed E-state index contributed by atoms with van der Waals surface area (Å²) in [5, 5.41) is 12.7. The van der Waals surface area contributed by atoms with Gasteiger partial charge in [-0.1, -0.05) is 32.9 Å². The highest BCUT2D eigenvalue weighted by molar-refractivity contribution is 7.91. The largest absolute Gasteiger partial charge is 0.394 e. The Balaban J connectivity index is 1.44. The predicted molar refractivity (Wildman–Crippen MR) is 145 cm³/mol. The zero-order chi connectivity index (χ0) is 29.2. The summed E-state index contributed by atoms with van der Waals surface area (Å²) in [6, 6.07) is 7.20. The van der Waals surface area contributed by atoms with E-state index in [1.165, 1.54) is 18.3 Å². The second-order valence-corrected chi connectivity index (χ2v) is 13.6. The molecular weight excluding hydrogens is 543 g/mol. The third-order valence-corrected chi connectivity index (χ3v) is 10.0. The molecule has 1 aromatic heterocycles. The number of carbonyl (C=O) groups is 1. The van der Waals surface area contributed by atoms with Crippen LogP contribution < -0.4 is 5.32 Å². The van der Waals surface area contributed by atoms with E-state index in [1.54, 1.807) is 25.1 Å². The lowest BCUT2D eigenvalue weighted by atomic mass is 9.81. The molecule has 4 rings (SSSR count). The molecule has 40 heavy (non-hydrogen) atoms. The molecule has 1 saturated carbocycles. The number of hydrogen-bond acceptors (Lipinski definition) is 6. The zero-order valence-corrected chi connectivity index (χ0v) is 23.9. The van der Waals surface area contributed by atoms with Gasteiger partial charge < -0.3 is 10.4 Å². The molecule has 0 spiro atoms. The molecule has 220 valence electrons. The number of nitrogens with zero attached hydrogens (tertiary/aromatic N) is 2. The molecule has 1 aromatic carbocycles. The van der Waals surface area contributed by atoms with Crippen LogP contribution in [0.2, 0.25) is 0 Å². The van der Waals surface area contributed by atoms with E-state index >= 15 is 0 Å². The monoisotopic (exact) mass is 581 g/mol. The van der Waals surface area contributed by atoms with Gasteiger partial charge in [-0.2, -0.15) is 13.2 Å². The zero-order valence-electron chi connectivity index (χ0n) is 23.1. The smallest absolute Gasteiger partial charge is 0.391 e. The summed E-state index contributed by atoms with van der Waals surface area (Å²) in [4.78, 5) is 20.2. The van der Waals surface area contributed by atoms with Crippen LogP contribution in [0.5, 0.6) is 0 Å². The Kier molecular flexibility index (Phi) is 9.26. The minimum atomic E-state index is -4.12. The van der Waals surface area contributed by atoms with Crippen molar-refractivity contribution in [3.8, 4) is 0 Å². The Bertz CT molecular complexity index is 1290. The highest BCUT2D eigenvalue weighted by Crippen LogP contribution is 2.43. The highest BCUT2D eigenvalue weighted by Gasteiger charge is 2.42. The van der Waals surface area contributed by atoms with Crippen LogP contribution in [0.3, 0.4) is 0 Å². The van der Waals surface area contributed by atoms with Gasteiger partial charge in [0.2, 0.25) is 0 Å². The van der Waals surface area contributed by atoms with Gasteiger partial charge in [-0.05, 0) is 66.8 Å². The number of aliphatic hydroxyl groups excluding tert-OH is 1. The first-order chi connectivity index (χ1) is 18.8. The normalized spacial score (nSPS) is 22.8. The minimum absolute atomic E-state index is 0.0217. The minimum Gasteiger partial charge on any atom is -0.394 e. The molecule has 2 heterocycles. The second-order valence-electron chi connectivity index (χ2n) is 11.3. The van der Waals surface area contributed by atoms with Crippen molar-refractivity contribution in [1.82, 2.24) is 15.2 Å². The lowest BCUT2D eigenvalue weighted by Gasteiger charge is -2.35. The molecule has 1 amide bonds. The topological polar surface area (TPSA) is 99.6 Å². The highest BCUT2D eigenvalue weighted by atomic mass is 32.2. The summed E-state index contributed by atoms with van der Waals surface area (Å²) in [6.07, 6.45) is -1.15. The molecule has 1 fully saturated rings. The number of fused-ring (bicyclic) bond motifs is 1. The van der Waals surface area contributed by atoms with Crippen molar-refractivity contribution in [3.63, 3.8) is 0 Å². The summed E-state index contributed by atoms with van der Waals surface area (Å²) in [5.41, 5.74) is 2.73. The number of benzene rings is 1. The lowest BCUT2D eigenvalue weighted by molar-refractivity contribution is -0.184. The molecule has 11 heteroatoms. The summed E-state index contributed by atoms with van der Waals surface area (Å²) in [6.45, 7) is 6.65. The number of sulfone groups is 1. The Morgan fingerprint density at radius 3 is 2.35 bits per heavy atom. The van der Waals surface area contributed by atoms with Crippen molar-refractivity contribution in [2.45, 2.75) is 76.2 Å². The maximum atomic E-state index is 13.1. The average molecular weight is 582 g/mol. The molecule has 1 aliphatic carbocycles. The SMILES string of the molecule is CCS(=O)(=O)c1ccc([C@H](CO)NC(=O)c2cnc3c(c2)CN(CC2CCC(C(F)(F)F)CC2)C3C(C)C)cc1. The van der Waals surface area contributed by atoms with Gasteiger partial charge in [0.1, 0.15) is 0 Å². The van der Waals surface area contributed by atoms with E-state index in [0.717, 1.165) is 11.3 Å². The van der Waals surface area contributed by atoms with Crippen molar-refractivity contribution < 1.29 is 31.5 Å². The molecular formula is C29H38F3N3O4S. The van der Waals surface area contributed by atoms with Crippen molar-refractivity contribution >= 4 is 15.7 Å². The molecule has 1 aliphatic heterocycles. The summed E-state index contributed by atoms with van der Waals surface area (Å²) in [5.74, 6) is -1.21. The van der Waals surface area contributed by atoms with Crippen molar-refractivity contribution in [2.75, 3.05) is 18.9 Å². The fourth-order valence-electron chi connectivity index (χ4n) is 6.00. The van der Waals surface area contributed by atoms with Gasteiger partial charge in [0.25, 0.3) is 5.91 Å². The van der Waals surface area contributed by atoms with Crippen LogP contribution in [-0.4, -0.2) is 54.4 Å². The van der Waals surface area contributed by atoms with Crippen LogP contribution in [0.4, 0.5) is 13.2 Å². The average Bonchev–Trinajstić information content (AvgIpc) is 3.28. The molecule has 0 bridgehead atoms. The third-order valence-electron chi connectivity index (χ3n) is 8.25. The molecule has 1 unspecified atom stereocenters. The Labute approximate surface area is 234 Å². The Morgan fingerprint density at radius 2 is 1.80 bits per heavy atom. The van der Waals surface area contributed by atoms with Gasteiger partial charge in [-0.25, -0.2) is 8.42 Å². The van der Waals surface area contributed by atoms with Gasteiger partial charge in [-0.3, -0.25) is 14.7 Å². The quantitative estimate of drug-likeness (QED) is 0.421. The number of aromatic nitrogens is 1. The Hall–Kier alpha value is -2.50. The van der Waals surface area contributed by atoms with E-state index in [2.05, 4.69) is 29.0 Å². The summed E-state index contributed by atoms with van der Waals surface area (Å²) < 4.78 is 63.5. The number of pyridine rings is 1. The van der Waals surface area contributed by atoms with E-state index in [1.807, 2.05) is 0 Å². The van der Waals surface area contributed by atoms with E-state index in [0.29, 0.717) is 37.1 Å². The second kappa shape index (κ2) is 12.2. The number of amides is 1. The molecule has 7 nitrogen and oxygen atoms in total. The van der Waals surface area contributed by atoms with E-state index in [-0.39, 0.29) is 48.0 Å². The molecule has 0 saturated heterocycles. The fraction of sp³-hybridized carbons (Fsp3) is 0.586. The standard InChI is InChI=1S/C29H38F3N3O4S/c1-4-40(38,39)24-11-7-20(8-12-24)25(17-36)34-28(37)21-13-22-16-35(27(18(2)3)26(22)33-14-21)15-19-5-9-23(10-6-19)29(30,31)32/h7-8,11-14,18-19,23,25,27,36H,4-6,9-10,15-17H2,1-3H3,(H,34,37)/t19?,23?,25-,27?/m0/s1. The number of carbonyl (C=O) groups excluding carboxylic acids is 1. The first-order valence-corrected chi connectivity index (χ1v) is 15.5. The number of rotatable bonds is 9. The summed E-state index contributed by atoms with van der Waals surface area (Å²) >= 11 is 0. The summed E-state index contributed by atoms with van der Waals surface area (Å²) in [7, 11) is -3.36. The van der Waals surface area contributed by atoms with Gasteiger partial charge in [0.15, 0.2) is 9.84 Å². The number of halogens is 3. The fourth-order valence-corrected chi connectivity index (χ4v) is 6.88. The van der Waals surface area contributed by atoms with Gasteiger partial charge >= 0.3 is 6.18 Å². The van der Waals surface area contributed by atoms with Crippen molar-refractivity contribution in [2.24, 2.45) is 17.8 Å². The third kappa shape index (κ3) is 6.69. The maximum Gasteiger partial charge on any atom is 0.391 e.